The second kappa shape index (κ2) is 4.61. The van der Waals surface area contributed by atoms with Crippen LogP contribution in [0.15, 0.2) is 18.2 Å². The number of hydrogen-bond acceptors (Lipinski definition) is 4. The fraction of sp³-hybridized carbons (Fsp3) is 0.500. The molecule has 0 saturated carbocycles. The van der Waals surface area contributed by atoms with E-state index >= 15 is 0 Å². The number of nitro benzene ring substituents is 1. The van der Waals surface area contributed by atoms with E-state index in [2.05, 4.69) is 11.8 Å². The zero-order valence-electron chi connectivity index (χ0n) is 9.93. The predicted molar refractivity (Wildman–Crippen MR) is 68.1 cm³/mol. The van der Waals surface area contributed by atoms with Gasteiger partial charge in [0.15, 0.2) is 0 Å². The molecule has 1 aliphatic rings. The molecule has 2 N–H and O–H groups in total. The van der Waals surface area contributed by atoms with E-state index in [4.69, 9.17) is 5.73 Å². The lowest BCUT2D eigenvalue weighted by Crippen LogP contribution is -2.20. The van der Waals surface area contributed by atoms with E-state index in [9.17, 15) is 10.1 Å². The molecule has 92 valence electrons. The molecule has 17 heavy (non-hydrogen) atoms. The predicted octanol–water partition coefficient (Wildman–Crippen LogP) is 2.41. The SMILES string of the molecule is CCC1CCN(c2ccc([N+](=O)[O-])cc2N)C1. The highest BCUT2D eigenvalue weighted by molar-refractivity contribution is 5.71. The van der Waals surface area contributed by atoms with Crippen molar-refractivity contribution >= 4 is 17.1 Å². The Bertz CT molecular complexity index is 434. The summed E-state index contributed by atoms with van der Waals surface area (Å²) in [6.45, 7) is 4.17. The van der Waals surface area contributed by atoms with E-state index in [0.717, 1.165) is 18.8 Å². The van der Waals surface area contributed by atoms with Crippen molar-refractivity contribution in [1.82, 2.24) is 0 Å². The molecule has 0 aromatic heterocycles. The van der Waals surface area contributed by atoms with Crippen molar-refractivity contribution in [2.45, 2.75) is 19.8 Å². The van der Waals surface area contributed by atoms with Gasteiger partial charge in [0, 0.05) is 25.2 Å². The molecule has 0 bridgehead atoms. The summed E-state index contributed by atoms with van der Waals surface area (Å²) in [5, 5.41) is 10.6. The fourth-order valence-corrected chi connectivity index (χ4v) is 2.33. The Labute approximate surface area is 100 Å². The second-order valence-corrected chi connectivity index (χ2v) is 4.51. The van der Waals surface area contributed by atoms with Crippen molar-refractivity contribution in [2.24, 2.45) is 5.92 Å². The van der Waals surface area contributed by atoms with Crippen LogP contribution < -0.4 is 10.6 Å². The van der Waals surface area contributed by atoms with Crippen molar-refractivity contribution < 1.29 is 4.92 Å². The van der Waals surface area contributed by atoms with Gasteiger partial charge < -0.3 is 10.6 Å². The lowest BCUT2D eigenvalue weighted by molar-refractivity contribution is -0.384. The number of rotatable bonds is 3. The standard InChI is InChI=1S/C12H17N3O2/c1-2-9-5-6-14(8-9)12-4-3-10(15(16)17)7-11(12)13/h3-4,7,9H,2,5-6,8,13H2,1H3. The average Bonchev–Trinajstić information content (AvgIpc) is 2.77. The molecule has 5 nitrogen and oxygen atoms in total. The minimum Gasteiger partial charge on any atom is -0.397 e. The van der Waals surface area contributed by atoms with Crippen LogP contribution in [0, 0.1) is 16.0 Å². The summed E-state index contributed by atoms with van der Waals surface area (Å²) in [4.78, 5) is 12.4. The van der Waals surface area contributed by atoms with Gasteiger partial charge in [-0.25, -0.2) is 0 Å². The van der Waals surface area contributed by atoms with Gasteiger partial charge >= 0.3 is 0 Å². The van der Waals surface area contributed by atoms with Gasteiger partial charge in [-0.05, 0) is 18.4 Å². The first kappa shape index (κ1) is 11.7. The van der Waals surface area contributed by atoms with Gasteiger partial charge in [-0.15, -0.1) is 0 Å². The Balaban J connectivity index is 2.20. The van der Waals surface area contributed by atoms with Gasteiger partial charge in [-0.1, -0.05) is 13.3 Å². The van der Waals surface area contributed by atoms with Crippen molar-refractivity contribution in [3.63, 3.8) is 0 Å². The molecule has 1 heterocycles. The van der Waals surface area contributed by atoms with E-state index in [1.54, 1.807) is 6.07 Å². The summed E-state index contributed by atoms with van der Waals surface area (Å²) in [5.41, 5.74) is 7.35. The molecule has 1 unspecified atom stereocenters. The molecule has 1 aliphatic heterocycles. The maximum absolute atomic E-state index is 10.6. The average molecular weight is 235 g/mol. The number of non-ortho nitro benzene ring substituents is 1. The molecular weight excluding hydrogens is 218 g/mol. The van der Waals surface area contributed by atoms with Crippen molar-refractivity contribution in [3.8, 4) is 0 Å². The third-order valence-electron chi connectivity index (χ3n) is 3.43. The molecule has 1 atom stereocenters. The zero-order valence-corrected chi connectivity index (χ0v) is 9.93. The Morgan fingerprint density at radius 1 is 1.59 bits per heavy atom. The zero-order chi connectivity index (χ0) is 12.4. The van der Waals surface area contributed by atoms with E-state index < -0.39 is 4.92 Å². The third kappa shape index (κ3) is 2.33. The molecule has 1 aromatic rings. The van der Waals surface area contributed by atoms with Gasteiger partial charge in [0.2, 0.25) is 0 Å². The summed E-state index contributed by atoms with van der Waals surface area (Å²) < 4.78 is 0. The lowest BCUT2D eigenvalue weighted by atomic mass is 10.1. The van der Waals surface area contributed by atoms with E-state index in [0.29, 0.717) is 11.6 Å². The number of nitrogens with zero attached hydrogens (tertiary/aromatic N) is 2. The van der Waals surface area contributed by atoms with Crippen molar-refractivity contribution in [1.29, 1.82) is 0 Å². The maximum Gasteiger partial charge on any atom is 0.271 e. The molecule has 0 radical (unpaired) electrons. The highest BCUT2D eigenvalue weighted by Gasteiger charge is 2.23. The van der Waals surface area contributed by atoms with Crippen LogP contribution >= 0.6 is 0 Å². The van der Waals surface area contributed by atoms with Gasteiger partial charge in [-0.2, -0.15) is 0 Å². The third-order valence-corrected chi connectivity index (χ3v) is 3.43. The largest absolute Gasteiger partial charge is 0.397 e. The van der Waals surface area contributed by atoms with Crippen LogP contribution in [0.1, 0.15) is 19.8 Å². The van der Waals surface area contributed by atoms with Crippen LogP contribution in [0.25, 0.3) is 0 Å². The van der Waals surface area contributed by atoms with E-state index in [1.165, 1.54) is 25.0 Å². The Morgan fingerprint density at radius 2 is 2.35 bits per heavy atom. The first-order valence-corrected chi connectivity index (χ1v) is 5.90. The summed E-state index contributed by atoms with van der Waals surface area (Å²) >= 11 is 0. The van der Waals surface area contributed by atoms with Crippen LogP contribution in [0.4, 0.5) is 17.1 Å². The number of benzene rings is 1. The smallest absolute Gasteiger partial charge is 0.271 e. The van der Waals surface area contributed by atoms with Crippen molar-refractivity contribution in [3.05, 3.63) is 28.3 Å². The Kier molecular flexibility index (Phi) is 3.17. The normalized spacial score (nSPS) is 19.6. The first-order valence-electron chi connectivity index (χ1n) is 5.90. The molecule has 5 heteroatoms. The maximum atomic E-state index is 10.6. The minimum atomic E-state index is -0.418. The highest BCUT2D eigenvalue weighted by Crippen LogP contribution is 2.32. The van der Waals surface area contributed by atoms with Crippen molar-refractivity contribution in [2.75, 3.05) is 23.7 Å². The molecule has 1 fully saturated rings. The number of hydrogen-bond donors (Lipinski definition) is 1. The summed E-state index contributed by atoms with van der Waals surface area (Å²) in [6, 6.07) is 4.71. The van der Waals surface area contributed by atoms with Gasteiger partial charge in [0.1, 0.15) is 0 Å². The van der Waals surface area contributed by atoms with E-state index in [-0.39, 0.29) is 5.69 Å². The molecule has 2 rings (SSSR count). The highest BCUT2D eigenvalue weighted by atomic mass is 16.6. The minimum absolute atomic E-state index is 0.0532. The molecule has 0 spiro atoms. The van der Waals surface area contributed by atoms with Gasteiger partial charge in [0.05, 0.1) is 16.3 Å². The number of nitrogen functional groups attached to an aromatic ring is 1. The van der Waals surface area contributed by atoms with Gasteiger partial charge in [-0.3, -0.25) is 10.1 Å². The summed E-state index contributed by atoms with van der Waals surface area (Å²) in [7, 11) is 0. The Morgan fingerprint density at radius 3 is 2.88 bits per heavy atom. The van der Waals surface area contributed by atoms with Crippen LogP contribution in [-0.2, 0) is 0 Å². The summed E-state index contributed by atoms with van der Waals surface area (Å²) in [6.07, 6.45) is 2.34. The van der Waals surface area contributed by atoms with E-state index in [1.807, 2.05) is 0 Å². The molecular formula is C12H17N3O2. The molecule has 0 aliphatic carbocycles. The Hall–Kier alpha value is -1.78. The lowest BCUT2D eigenvalue weighted by Gasteiger charge is -2.20. The number of anilines is 2. The summed E-state index contributed by atoms with van der Waals surface area (Å²) in [5.74, 6) is 0.713. The molecule has 0 amide bonds. The van der Waals surface area contributed by atoms with Crippen LogP contribution in [0.3, 0.4) is 0 Å². The van der Waals surface area contributed by atoms with Crippen LogP contribution in [0.5, 0.6) is 0 Å². The monoisotopic (exact) mass is 235 g/mol. The quantitative estimate of drug-likeness (QED) is 0.496. The second-order valence-electron chi connectivity index (χ2n) is 4.51. The van der Waals surface area contributed by atoms with Crippen LogP contribution in [0.2, 0.25) is 0 Å². The van der Waals surface area contributed by atoms with Crippen LogP contribution in [-0.4, -0.2) is 18.0 Å². The first-order chi connectivity index (χ1) is 8.11. The molecule has 1 saturated heterocycles. The number of nitrogens with two attached hydrogens (primary N) is 1. The fourth-order valence-electron chi connectivity index (χ4n) is 2.33. The topological polar surface area (TPSA) is 72.4 Å². The molecule has 1 aromatic carbocycles. The van der Waals surface area contributed by atoms with Gasteiger partial charge in [0.25, 0.3) is 5.69 Å². The number of nitro groups is 1.